The van der Waals surface area contributed by atoms with Crippen molar-refractivity contribution in [3.8, 4) is 5.75 Å². The molecule has 174 valence electrons. The van der Waals surface area contributed by atoms with E-state index >= 15 is 0 Å². The van der Waals surface area contributed by atoms with Crippen LogP contribution in [0.25, 0.3) is 10.9 Å². The molecule has 9 heteroatoms. The first-order valence-corrected chi connectivity index (χ1v) is 11.8. The van der Waals surface area contributed by atoms with Gasteiger partial charge in [0.05, 0.1) is 21.8 Å². The minimum absolute atomic E-state index is 0.0210. The molecule has 0 spiro atoms. The third-order valence-corrected chi connectivity index (χ3v) is 6.96. The summed E-state index contributed by atoms with van der Waals surface area (Å²) < 4.78 is 45.3. The monoisotopic (exact) mass is 479 g/mol. The number of aromatic nitrogens is 1. The Bertz CT molecular complexity index is 1440. The van der Waals surface area contributed by atoms with Crippen molar-refractivity contribution in [2.75, 3.05) is 23.3 Å². The highest BCUT2D eigenvalue weighted by molar-refractivity contribution is 7.92. The third-order valence-electron chi connectivity index (χ3n) is 5.16. The lowest BCUT2D eigenvalue weighted by Crippen LogP contribution is -2.26. The van der Waals surface area contributed by atoms with Gasteiger partial charge in [-0.3, -0.25) is 14.1 Å². The van der Waals surface area contributed by atoms with E-state index in [4.69, 9.17) is 4.74 Å². The zero-order valence-electron chi connectivity index (χ0n) is 18.5. The molecule has 0 aliphatic heterocycles. The van der Waals surface area contributed by atoms with E-state index in [2.05, 4.69) is 10.3 Å². The Hall–Kier alpha value is -3.98. The summed E-state index contributed by atoms with van der Waals surface area (Å²) in [5.41, 5.74) is 2.61. The molecule has 0 fully saturated rings. The standard InChI is InChI=1S/C25H22FN3O4S/c1-17-15-24(22-5-3-4-6-23(22)27-17)28-25(30)16-33-20-11-9-19(10-12-20)29(2)34(31,32)21-13-7-18(26)8-14-21/h3-15H,16H2,1-2H3,(H,27,28,30). The lowest BCUT2D eigenvalue weighted by Gasteiger charge is -2.20. The molecule has 1 heterocycles. The fraction of sp³-hybridized carbons (Fsp3) is 0.120. The molecule has 0 atom stereocenters. The topological polar surface area (TPSA) is 88.6 Å². The van der Waals surface area contributed by atoms with Crippen molar-refractivity contribution < 1.29 is 22.3 Å². The Morgan fingerprint density at radius 3 is 2.41 bits per heavy atom. The largest absolute Gasteiger partial charge is 0.484 e. The SMILES string of the molecule is Cc1cc(NC(=O)COc2ccc(N(C)S(=O)(=O)c3ccc(F)cc3)cc2)c2ccccc2n1. The fourth-order valence-corrected chi connectivity index (χ4v) is 4.60. The number of carbonyl (C=O) groups excluding carboxylic acids is 1. The molecule has 0 unspecified atom stereocenters. The molecule has 3 aromatic carbocycles. The van der Waals surface area contributed by atoms with E-state index in [-0.39, 0.29) is 17.4 Å². The third kappa shape index (κ3) is 4.99. The molecule has 7 nitrogen and oxygen atoms in total. The van der Waals surface area contributed by atoms with Crippen LogP contribution in [0.3, 0.4) is 0 Å². The molecule has 0 bridgehead atoms. The van der Waals surface area contributed by atoms with E-state index in [0.717, 1.165) is 33.0 Å². The van der Waals surface area contributed by atoms with E-state index in [1.54, 1.807) is 30.3 Å². The molecular weight excluding hydrogens is 457 g/mol. The molecule has 1 N–H and O–H groups in total. The van der Waals surface area contributed by atoms with E-state index < -0.39 is 15.8 Å². The van der Waals surface area contributed by atoms with Gasteiger partial charge >= 0.3 is 0 Å². The average molecular weight is 480 g/mol. The van der Waals surface area contributed by atoms with Crippen molar-refractivity contribution in [1.29, 1.82) is 0 Å². The number of anilines is 2. The van der Waals surface area contributed by atoms with Crippen LogP contribution < -0.4 is 14.4 Å². The number of pyridine rings is 1. The van der Waals surface area contributed by atoms with Gasteiger partial charge in [-0.1, -0.05) is 18.2 Å². The first-order chi connectivity index (χ1) is 16.2. The number of rotatable bonds is 7. The van der Waals surface area contributed by atoms with Crippen molar-refractivity contribution in [1.82, 2.24) is 4.98 Å². The first-order valence-electron chi connectivity index (χ1n) is 10.4. The molecular formula is C25H22FN3O4S. The van der Waals surface area contributed by atoms with Crippen LogP contribution in [-0.2, 0) is 14.8 Å². The Morgan fingerprint density at radius 2 is 1.71 bits per heavy atom. The van der Waals surface area contributed by atoms with Gasteiger partial charge in [0.1, 0.15) is 11.6 Å². The van der Waals surface area contributed by atoms with E-state index in [1.807, 2.05) is 31.2 Å². The van der Waals surface area contributed by atoms with E-state index in [1.165, 1.54) is 19.2 Å². The summed E-state index contributed by atoms with van der Waals surface area (Å²) in [6.45, 7) is 1.63. The van der Waals surface area contributed by atoms with Crippen molar-refractivity contribution >= 4 is 38.2 Å². The highest BCUT2D eigenvalue weighted by atomic mass is 32.2. The Labute approximate surface area is 196 Å². The van der Waals surface area contributed by atoms with Crippen molar-refractivity contribution in [3.63, 3.8) is 0 Å². The number of halogens is 1. The van der Waals surface area contributed by atoms with Crippen molar-refractivity contribution in [2.24, 2.45) is 0 Å². The molecule has 0 saturated heterocycles. The van der Waals surface area contributed by atoms with E-state index in [0.29, 0.717) is 17.1 Å². The van der Waals surface area contributed by atoms with Crippen LogP contribution in [-0.4, -0.2) is 33.0 Å². The van der Waals surface area contributed by atoms with Crippen LogP contribution in [0.4, 0.5) is 15.8 Å². The van der Waals surface area contributed by atoms with Gasteiger partial charge in [-0.2, -0.15) is 0 Å². The molecule has 1 amide bonds. The van der Waals surface area contributed by atoms with Gasteiger partial charge in [-0.05, 0) is 67.6 Å². The zero-order valence-corrected chi connectivity index (χ0v) is 19.3. The zero-order chi connectivity index (χ0) is 24.3. The van der Waals surface area contributed by atoms with Gasteiger partial charge in [0.25, 0.3) is 15.9 Å². The average Bonchev–Trinajstić information content (AvgIpc) is 2.83. The Morgan fingerprint density at radius 1 is 1.03 bits per heavy atom. The summed E-state index contributed by atoms with van der Waals surface area (Å²) in [7, 11) is -2.44. The maximum Gasteiger partial charge on any atom is 0.264 e. The second-order valence-electron chi connectivity index (χ2n) is 7.59. The number of hydrogen-bond acceptors (Lipinski definition) is 5. The number of carbonyl (C=O) groups is 1. The molecule has 34 heavy (non-hydrogen) atoms. The van der Waals surface area contributed by atoms with Crippen LogP contribution in [0.15, 0.2) is 83.8 Å². The highest BCUT2D eigenvalue weighted by Gasteiger charge is 2.21. The second-order valence-corrected chi connectivity index (χ2v) is 9.55. The minimum atomic E-state index is -3.85. The highest BCUT2D eigenvalue weighted by Crippen LogP contribution is 2.25. The number of nitrogens with zero attached hydrogens (tertiary/aromatic N) is 2. The summed E-state index contributed by atoms with van der Waals surface area (Å²) >= 11 is 0. The number of benzene rings is 3. The van der Waals surface area contributed by atoms with Gasteiger partial charge in [0.2, 0.25) is 0 Å². The van der Waals surface area contributed by atoms with Crippen LogP contribution in [0.5, 0.6) is 5.75 Å². The molecule has 4 rings (SSSR count). The molecule has 0 saturated carbocycles. The predicted molar refractivity (Wildman–Crippen MR) is 129 cm³/mol. The molecule has 1 aromatic heterocycles. The number of nitrogens with one attached hydrogen (secondary N) is 1. The number of aryl methyl sites for hydroxylation is 1. The van der Waals surface area contributed by atoms with Crippen molar-refractivity contribution in [2.45, 2.75) is 11.8 Å². The summed E-state index contributed by atoms with van der Waals surface area (Å²) in [6.07, 6.45) is 0. The molecule has 0 aliphatic rings. The molecule has 0 radical (unpaired) electrons. The Balaban J connectivity index is 1.40. The predicted octanol–water partition coefficient (Wildman–Crippen LogP) is 4.52. The first kappa shape index (κ1) is 23.2. The van der Waals surface area contributed by atoms with Gasteiger partial charge in [0, 0.05) is 18.1 Å². The molecule has 0 aliphatic carbocycles. The van der Waals surface area contributed by atoms with Gasteiger partial charge in [-0.15, -0.1) is 0 Å². The fourth-order valence-electron chi connectivity index (χ4n) is 3.40. The van der Waals surface area contributed by atoms with Crippen LogP contribution in [0.2, 0.25) is 0 Å². The molecule has 4 aromatic rings. The van der Waals surface area contributed by atoms with Crippen LogP contribution in [0, 0.1) is 12.7 Å². The van der Waals surface area contributed by atoms with Crippen molar-refractivity contribution in [3.05, 3.63) is 90.4 Å². The summed E-state index contributed by atoms with van der Waals surface area (Å²) in [4.78, 5) is 16.9. The number of ether oxygens (including phenoxy) is 1. The maximum absolute atomic E-state index is 13.1. The van der Waals surface area contributed by atoms with E-state index in [9.17, 15) is 17.6 Å². The summed E-state index contributed by atoms with van der Waals surface area (Å²) in [6, 6.07) is 20.2. The van der Waals surface area contributed by atoms with Crippen LogP contribution >= 0.6 is 0 Å². The smallest absolute Gasteiger partial charge is 0.264 e. The lowest BCUT2D eigenvalue weighted by atomic mass is 10.1. The number of amides is 1. The van der Waals surface area contributed by atoms with Crippen LogP contribution in [0.1, 0.15) is 5.69 Å². The summed E-state index contributed by atoms with van der Waals surface area (Å²) in [5, 5.41) is 3.68. The minimum Gasteiger partial charge on any atom is -0.484 e. The number of para-hydroxylation sites is 1. The summed E-state index contributed by atoms with van der Waals surface area (Å²) in [5.74, 6) is -0.447. The Kier molecular flexibility index (Phi) is 6.47. The lowest BCUT2D eigenvalue weighted by molar-refractivity contribution is -0.118. The number of hydrogen-bond donors (Lipinski definition) is 1. The quantitative estimate of drug-likeness (QED) is 0.421. The second kappa shape index (κ2) is 9.48. The van der Waals surface area contributed by atoms with Gasteiger partial charge in [-0.25, -0.2) is 12.8 Å². The number of sulfonamides is 1. The van der Waals surface area contributed by atoms with Gasteiger partial charge < -0.3 is 10.1 Å². The maximum atomic E-state index is 13.1. The van der Waals surface area contributed by atoms with Gasteiger partial charge in [0.15, 0.2) is 6.61 Å². The number of fused-ring (bicyclic) bond motifs is 1. The normalized spacial score (nSPS) is 11.3.